The van der Waals surface area contributed by atoms with E-state index in [4.69, 9.17) is 0 Å². The molecule has 100 valence electrons. The summed E-state index contributed by atoms with van der Waals surface area (Å²) < 4.78 is 0. The number of thioether (sulfide) groups is 1. The molecule has 0 aliphatic carbocycles. The van der Waals surface area contributed by atoms with Crippen LogP contribution in [0.15, 0.2) is 23.1 Å². The first kappa shape index (κ1) is 14.9. The van der Waals surface area contributed by atoms with Gasteiger partial charge in [0.2, 0.25) is 0 Å². The Balaban J connectivity index is 2.82. The molecule has 0 bridgehead atoms. The second-order valence-electron chi connectivity index (χ2n) is 4.05. The van der Waals surface area contributed by atoms with E-state index in [1.807, 2.05) is 25.1 Å². The van der Waals surface area contributed by atoms with Gasteiger partial charge in [-0.15, -0.1) is 11.8 Å². The van der Waals surface area contributed by atoms with E-state index in [-0.39, 0.29) is 0 Å². The van der Waals surface area contributed by atoms with E-state index in [1.165, 1.54) is 12.8 Å². The number of unbranched alkanes of at least 4 members (excludes halogenated alkanes) is 2. The monoisotopic (exact) mass is 267 g/mol. The fourth-order valence-corrected chi connectivity index (χ4v) is 2.60. The lowest BCUT2D eigenvalue weighted by atomic mass is 10.1. The van der Waals surface area contributed by atoms with Crippen LogP contribution in [-0.2, 0) is 0 Å². The zero-order valence-electron chi connectivity index (χ0n) is 11.0. The first-order valence-corrected chi connectivity index (χ1v) is 7.42. The summed E-state index contributed by atoms with van der Waals surface area (Å²) in [7, 11) is 0. The number of anilines is 1. The van der Waals surface area contributed by atoms with Crippen LogP contribution in [-0.4, -0.2) is 23.4 Å². The number of nitrogens with one attached hydrogen (secondary N) is 1. The minimum absolute atomic E-state index is 0.404. The van der Waals surface area contributed by atoms with Crippen LogP contribution in [0.25, 0.3) is 0 Å². The molecule has 1 aromatic rings. The molecular formula is C14H21NO2S. The summed E-state index contributed by atoms with van der Waals surface area (Å²) in [6.45, 7) is 5.01. The van der Waals surface area contributed by atoms with Crippen LogP contribution in [0.1, 0.15) is 43.5 Å². The van der Waals surface area contributed by atoms with E-state index in [2.05, 4.69) is 12.2 Å². The van der Waals surface area contributed by atoms with Crippen LogP contribution in [0.4, 0.5) is 5.69 Å². The zero-order valence-corrected chi connectivity index (χ0v) is 11.8. The van der Waals surface area contributed by atoms with Gasteiger partial charge in [-0.3, -0.25) is 0 Å². The van der Waals surface area contributed by atoms with E-state index in [1.54, 1.807) is 11.8 Å². The zero-order chi connectivity index (χ0) is 13.4. The molecule has 2 N–H and O–H groups in total. The number of aromatic carboxylic acids is 1. The molecule has 0 aromatic heterocycles. The molecule has 0 radical (unpaired) electrons. The van der Waals surface area contributed by atoms with Crippen LogP contribution in [0, 0.1) is 0 Å². The summed E-state index contributed by atoms with van der Waals surface area (Å²) >= 11 is 1.57. The first-order valence-electron chi connectivity index (χ1n) is 6.43. The van der Waals surface area contributed by atoms with E-state index in [0.29, 0.717) is 5.56 Å². The predicted octanol–water partition coefficient (Wildman–Crippen LogP) is 4.10. The van der Waals surface area contributed by atoms with E-state index >= 15 is 0 Å². The third-order valence-electron chi connectivity index (χ3n) is 2.64. The van der Waals surface area contributed by atoms with Gasteiger partial charge in [0.05, 0.1) is 5.56 Å². The summed E-state index contributed by atoms with van der Waals surface area (Å²) in [5.41, 5.74) is 1.14. The maximum atomic E-state index is 11.4. The van der Waals surface area contributed by atoms with Gasteiger partial charge >= 0.3 is 5.97 Å². The van der Waals surface area contributed by atoms with Gasteiger partial charge in [-0.05, 0) is 24.3 Å². The van der Waals surface area contributed by atoms with Crippen molar-refractivity contribution in [2.45, 2.75) is 38.0 Å². The number of benzene rings is 1. The standard InChI is InChI=1S/C14H21NO2S/c1-3-5-6-10-15-11-8-7-9-12(18-4-2)13(11)14(16)17/h7-9,15H,3-6,10H2,1-2H3,(H,16,17). The topological polar surface area (TPSA) is 49.3 Å². The van der Waals surface area contributed by atoms with Gasteiger partial charge in [0.15, 0.2) is 0 Å². The van der Waals surface area contributed by atoms with Crippen molar-refractivity contribution in [3.05, 3.63) is 23.8 Å². The SMILES string of the molecule is CCCCCNc1cccc(SCC)c1C(=O)O. The van der Waals surface area contributed by atoms with E-state index < -0.39 is 5.97 Å². The first-order chi connectivity index (χ1) is 8.70. The van der Waals surface area contributed by atoms with E-state index in [9.17, 15) is 9.90 Å². The Labute approximate surface area is 113 Å². The molecule has 1 aromatic carbocycles. The predicted molar refractivity (Wildman–Crippen MR) is 77.8 cm³/mol. The minimum atomic E-state index is -0.857. The smallest absolute Gasteiger partial charge is 0.338 e. The summed E-state index contributed by atoms with van der Waals surface area (Å²) in [5.74, 6) is 0.0177. The Morgan fingerprint density at radius 2 is 2.11 bits per heavy atom. The molecule has 0 amide bonds. The van der Waals surface area contributed by atoms with Crippen LogP contribution < -0.4 is 5.32 Å². The molecule has 0 aliphatic heterocycles. The van der Waals surface area contributed by atoms with Crippen molar-refractivity contribution >= 4 is 23.4 Å². The number of carboxylic acids is 1. The summed E-state index contributed by atoms with van der Waals surface area (Å²) in [5, 5.41) is 12.6. The second-order valence-corrected chi connectivity index (χ2v) is 5.36. The van der Waals surface area contributed by atoms with Crippen LogP contribution in [0.3, 0.4) is 0 Å². The van der Waals surface area contributed by atoms with Crippen molar-refractivity contribution in [1.82, 2.24) is 0 Å². The molecule has 0 fully saturated rings. The summed E-state index contributed by atoms with van der Waals surface area (Å²) in [4.78, 5) is 12.2. The lowest BCUT2D eigenvalue weighted by Gasteiger charge is -2.12. The van der Waals surface area contributed by atoms with Gasteiger partial charge in [-0.1, -0.05) is 32.8 Å². The quantitative estimate of drug-likeness (QED) is 0.550. The van der Waals surface area contributed by atoms with Gasteiger partial charge in [-0.2, -0.15) is 0 Å². The van der Waals surface area contributed by atoms with E-state index in [0.717, 1.165) is 29.3 Å². The number of carboxylic acid groups (broad SMARTS) is 1. The molecule has 0 heterocycles. The summed E-state index contributed by atoms with van der Waals surface area (Å²) in [6, 6.07) is 5.62. The van der Waals surface area contributed by atoms with Crippen LogP contribution in [0.5, 0.6) is 0 Å². The highest BCUT2D eigenvalue weighted by atomic mass is 32.2. The van der Waals surface area contributed by atoms with Crippen molar-refractivity contribution in [2.75, 3.05) is 17.6 Å². The Morgan fingerprint density at radius 1 is 1.33 bits per heavy atom. The van der Waals surface area contributed by atoms with Gasteiger partial charge in [0.1, 0.15) is 0 Å². The van der Waals surface area contributed by atoms with Gasteiger partial charge in [0.25, 0.3) is 0 Å². The fraction of sp³-hybridized carbons (Fsp3) is 0.500. The van der Waals surface area contributed by atoms with Crippen molar-refractivity contribution in [3.63, 3.8) is 0 Å². The average Bonchev–Trinajstić information content (AvgIpc) is 2.35. The van der Waals surface area contributed by atoms with Gasteiger partial charge < -0.3 is 10.4 Å². The molecule has 0 atom stereocenters. The van der Waals surface area contributed by atoms with Crippen molar-refractivity contribution < 1.29 is 9.90 Å². The largest absolute Gasteiger partial charge is 0.478 e. The third-order valence-corrected chi connectivity index (χ3v) is 3.58. The van der Waals surface area contributed by atoms with Crippen molar-refractivity contribution in [3.8, 4) is 0 Å². The van der Waals surface area contributed by atoms with Crippen molar-refractivity contribution in [1.29, 1.82) is 0 Å². The molecule has 1 rings (SSSR count). The van der Waals surface area contributed by atoms with Crippen LogP contribution >= 0.6 is 11.8 Å². The van der Waals surface area contributed by atoms with Gasteiger partial charge in [-0.25, -0.2) is 4.79 Å². The molecule has 0 aliphatic rings. The molecule has 3 nitrogen and oxygen atoms in total. The Morgan fingerprint density at radius 3 is 2.72 bits per heavy atom. The van der Waals surface area contributed by atoms with Gasteiger partial charge in [0, 0.05) is 17.1 Å². The maximum Gasteiger partial charge on any atom is 0.338 e. The Bertz CT molecular complexity index is 393. The molecule has 0 saturated carbocycles. The number of hydrogen-bond donors (Lipinski definition) is 2. The highest BCUT2D eigenvalue weighted by molar-refractivity contribution is 7.99. The lowest BCUT2D eigenvalue weighted by Crippen LogP contribution is -2.09. The molecule has 0 unspecified atom stereocenters. The molecule has 18 heavy (non-hydrogen) atoms. The summed E-state index contributed by atoms with van der Waals surface area (Å²) in [6.07, 6.45) is 3.40. The normalized spacial score (nSPS) is 10.3. The highest BCUT2D eigenvalue weighted by Crippen LogP contribution is 2.28. The number of rotatable bonds is 8. The lowest BCUT2D eigenvalue weighted by molar-refractivity contribution is 0.0694. The molecule has 0 saturated heterocycles. The number of hydrogen-bond acceptors (Lipinski definition) is 3. The Hall–Kier alpha value is -1.16. The third kappa shape index (κ3) is 4.26. The van der Waals surface area contributed by atoms with Crippen LogP contribution in [0.2, 0.25) is 0 Å². The number of carbonyl (C=O) groups is 1. The second kappa shape index (κ2) is 8.03. The molecule has 4 heteroatoms. The minimum Gasteiger partial charge on any atom is -0.478 e. The van der Waals surface area contributed by atoms with Crippen molar-refractivity contribution in [2.24, 2.45) is 0 Å². The fourth-order valence-electron chi connectivity index (χ4n) is 1.77. The molecule has 0 spiro atoms. The maximum absolute atomic E-state index is 11.4. The average molecular weight is 267 g/mol. The Kier molecular flexibility index (Phi) is 6.65. The molecular weight excluding hydrogens is 246 g/mol. The highest BCUT2D eigenvalue weighted by Gasteiger charge is 2.14.